The highest BCUT2D eigenvalue weighted by Crippen LogP contribution is 2.42. The molecule has 6 fully saturated rings. The average molecular weight is 957 g/mol. The zero-order valence-electron chi connectivity index (χ0n) is 41.2. The molecule has 1 amide bonds. The summed E-state index contributed by atoms with van der Waals surface area (Å²) in [5, 5.41) is 6.97. The summed E-state index contributed by atoms with van der Waals surface area (Å²) < 4.78 is 40.4. The number of benzene rings is 3. The fourth-order valence-electron chi connectivity index (χ4n) is 9.01. The molecule has 6 aliphatic rings. The molecule has 3 aromatic rings. The molecule has 9 rings (SSSR count). The van der Waals surface area contributed by atoms with Gasteiger partial charge < -0.3 is 48.7 Å². The van der Waals surface area contributed by atoms with Crippen LogP contribution in [0.4, 0.5) is 4.79 Å². The highest BCUT2D eigenvalue weighted by atomic mass is 35.5. The normalized spacial score (nSPS) is 21.5. The van der Waals surface area contributed by atoms with Crippen LogP contribution in [0.5, 0.6) is 34.5 Å². The van der Waals surface area contributed by atoms with Gasteiger partial charge in [0.2, 0.25) is 0 Å². The summed E-state index contributed by atoms with van der Waals surface area (Å²) in [4.78, 5) is 14.3. The lowest BCUT2D eigenvalue weighted by atomic mass is 9.89. The first kappa shape index (κ1) is 53.2. The lowest BCUT2D eigenvalue weighted by molar-refractivity contribution is 0.0197. The van der Waals surface area contributed by atoms with Gasteiger partial charge in [0.1, 0.15) is 40.1 Å². The van der Waals surface area contributed by atoms with Gasteiger partial charge in [0.15, 0.2) is 0 Å². The van der Waals surface area contributed by atoms with E-state index in [-0.39, 0.29) is 36.8 Å². The molecule has 66 heavy (non-hydrogen) atoms. The molecule has 2 N–H and O–H groups in total. The van der Waals surface area contributed by atoms with Gasteiger partial charge in [-0.1, -0.05) is 0 Å². The Balaban J connectivity index is 0.000000186. The Morgan fingerprint density at radius 3 is 1.21 bits per heavy atom. The summed E-state index contributed by atoms with van der Waals surface area (Å²) in [5.41, 5.74) is 6.70. The van der Waals surface area contributed by atoms with E-state index in [0.29, 0.717) is 36.7 Å². The minimum Gasteiger partial charge on any atom is -0.496 e. The van der Waals surface area contributed by atoms with Gasteiger partial charge in [0.25, 0.3) is 0 Å². The lowest BCUT2D eigenvalue weighted by Gasteiger charge is -2.35. The van der Waals surface area contributed by atoms with E-state index in [0.717, 1.165) is 115 Å². The number of halogens is 2. The van der Waals surface area contributed by atoms with Gasteiger partial charge >= 0.3 is 6.09 Å². The Morgan fingerprint density at radius 1 is 0.530 bits per heavy atom. The first-order chi connectivity index (χ1) is 30.8. The number of ether oxygens (including phenoxy) is 7. The van der Waals surface area contributed by atoms with Crippen molar-refractivity contribution in [3.63, 3.8) is 0 Å². The van der Waals surface area contributed by atoms with Gasteiger partial charge in [-0.2, -0.15) is 0 Å². The van der Waals surface area contributed by atoms with E-state index in [1.165, 1.54) is 62.5 Å². The van der Waals surface area contributed by atoms with E-state index in [1.807, 2.05) is 32.6 Å². The number of amides is 1. The second-order valence-corrected chi connectivity index (χ2v) is 19.9. The van der Waals surface area contributed by atoms with E-state index in [9.17, 15) is 4.79 Å². The van der Waals surface area contributed by atoms with Gasteiger partial charge in [-0.15, -0.1) is 24.8 Å². The number of carbonyl (C=O) groups excluding carboxylic acids is 1. The Bertz CT molecular complexity index is 1930. The molecule has 3 saturated carbocycles. The van der Waals surface area contributed by atoms with Gasteiger partial charge in [-0.3, -0.25) is 0 Å². The lowest BCUT2D eigenvalue weighted by Crippen LogP contribution is -2.42. The molecule has 3 heterocycles. The molecule has 11 nitrogen and oxygen atoms in total. The van der Waals surface area contributed by atoms with Crippen molar-refractivity contribution in [2.24, 2.45) is 0 Å². The molecule has 3 aliphatic carbocycles. The maximum absolute atomic E-state index is 12.5. The second kappa shape index (κ2) is 24.5. The van der Waals surface area contributed by atoms with Crippen LogP contribution < -0.4 is 39.1 Å². The number of likely N-dealkylation sites (tertiary alicyclic amines) is 1. The number of nitrogens with zero attached hydrogens (tertiary/aromatic N) is 1. The van der Waals surface area contributed by atoms with Crippen molar-refractivity contribution >= 4 is 30.9 Å². The van der Waals surface area contributed by atoms with E-state index < -0.39 is 5.60 Å². The molecule has 3 atom stereocenters. The van der Waals surface area contributed by atoms with Crippen LogP contribution in [0, 0.1) is 20.8 Å². The monoisotopic (exact) mass is 956 g/mol. The molecular weight excluding hydrogens is 878 g/mol. The molecule has 13 heteroatoms. The number of nitrogens with one attached hydrogen (secondary N) is 2. The predicted molar refractivity (Wildman–Crippen MR) is 268 cm³/mol. The molecule has 0 spiro atoms. The Kier molecular flexibility index (Phi) is 19.7. The second-order valence-electron chi connectivity index (χ2n) is 19.9. The minimum atomic E-state index is -0.475. The largest absolute Gasteiger partial charge is 0.496 e. The van der Waals surface area contributed by atoms with E-state index in [2.05, 4.69) is 60.9 Å². The molecule has 0 bridgehead atoms. The summed E-state index contributed by atoms with van der Waals surface area (Å²) in [7, 11) is 5.18. The van der Waals surface area contributed by atoms with Gasteiger partial charge in [0.05, 0.1) is 39.6 Å². The van der Waals surface area contributed by atoms with Crippen LogP contribution in [0.1, 0.15) is 149 Å². The van der Waals surface area contributed by atoms with E-state index in [1.54, 1.807) is 21.3 Å². The van der Waals surface area contributed by atoms with Crippen molar-refractivity contribution in [3.8, 4) is 34.5 Å². The van der Waals surface area contributed by atoms with Crippen LogP contribution in [-0.4, -0.2) is 95.5 Å². The van der Waals surface area contributed by atoms with Crippen molar-refractivity contribution in [1.29, 1.82) is 0 Å². The van der Waals surface area contributed by atoms with Crippen LogP contribution in [0.2, 0.25) is 0 Å². The van der Waals surface area contributed by atoms with Crippen molar-refractivity contribution in [1.82, 2.24) is 15.5 Å². The number of rotatable bonds is 12. The quantitative estimate of drug-likeness (QED) is 0.182. The zero-order valence-corrected chi connectivity index (χ0v) is 42.8. The minimum absolute atomic E-state index is 0. The molecule has 368 valence electrons. The topological polar surface area (TPSA) is 109 Å². The molecule has 0 radical (unpaired) electrons. The summed E-state index contributed by atoms with van der Waals surface area (Å²) in [6.07, 6.45) is 15.0. The number of hydrogen-bond acceptors (Lipinski definition) is 10. The summed E-state index contributed by atoms with van der Waals surface area (Å²) in [5.74, 6) is 7.27. The van der Waals surface area contributed by atoms with Crippen molar-refractivity contribution in [3.05, 3.63) is 69.8 Å². The standard InChI is InChI=1S/C21H31NO4.2C16H23NO2.2ClH/c1-14-11-19(25-16-8-9-16)17(12-18(14)24-5)15-7-6-10-22(13-15)20(23)26-21(2,3)4;2*1-11-8-16(19-13-5-6-13)14(9-15(11)18-2)12-4-3-7-17-10-12;;/h11-12,15-16H,6-10,13H2,1-5H3;2*8-9,12-13,17H,3-7,10H2,1-2H3;2*1H/t;2*12-;;/m.10../s1. The Labute approximate surface area is 407 Å². The average Bonchev–Trinajstić information content (AvgIpc) is 4.14. The predicted octanol–water partition coefficient (Wildman–Crippen LogP) is 11.5. The highest BCUT2D eigenvalue weighted by Gasteiger charge is 2.33. The summed E-state index contributed by atoms with van der Waals surface area (Å²) in [6, 6.07) is 12.9. The third-order valence-corrected chi connectivity index (χ3v) is 13.0. The van der Waals surface area contributed by atoms with Crippen molar-refractivity contribution < 1.29 is 38.0 Å². The molecule has 1 unspecified atom stereocenters. The molecular formula is C53H79Cl2N3O8. The first-order valence-corrected chi connectivity index (χ1v) is 24.3. The van der Waals surface area contributed by atoms with Crippen LogP contribution in [-0.2, 0) is 4.74 Å². The molecule has 3 saturated heterocycles. The number of aryl methyl sites for hydroxylation is 3. The fourth-order valence-corrected chi connectivity index (χ4v) is 9.01. The third-order valence-electron chi connectivity index (χ3n) is 13.0. The third kappa shape index (κ3) is 15.1. The smallest absolute Gasteiger partial charge is 0.410 e. The summed E-state index contributed by atoms with van der Waals surface area (Å²) >= 11 is 0. The zero-order chi connectivity index (χ0) is 45.4. The van der Waals surface area contributed by atoms with Gasteiger partial charge in [0, 0.05) is 60.6 Å². The molecule has 0 aromatic heterocycles. The number of carbonyl (C=O) groups is 1. The highest BCUT2D eigenvalue weighted by molar-refractivity contribution is 5.85. The first-order valence-electron chi connectivity index (χ1n) is 24.3. The number of methoxy groups -OCH3 is 3. The number of piperidine rings is 3. The van der Waals surface area contributed by atoms with Crippen molar-refractivity contribution in [2.75, 3.05) is 60.6 Å². The van der Waals surface area contributed by atoms with Gasteiger partial charge in [-0.05, 0) is 185 Å². The van der Waals surface area contributed by atoms with Crippen molar-refractivity contribution in [2.45, 2.75) is 160 Å². The summed E-state index contributed by atoms with van der Waals surface area (Å²) in [6.45, 7) is 17.7. The maximum Gasteiger partial charge on any atom is 0.410 e. The van der Waals surface area contributed by atoms with Gasteiger partial charge in [-0.25, -0.2) is 4.79 Å². The van der Waals surface area contributed by atoms with Crippen LogP contribution >= 0.6 is 24.8 Å². The Hall–Kier alpha value is -3.77. The number of hydrogen-bond donors (Lipinski definition) is 2. The van der Waals surface area contributed by atoms with Crippen LogP contribution in [0.25, 0.3) is 0 Å². The van der Waals surface area contributed by atoms with Crippen LogP contribution in [0.3, 0.4) is 0 Å². The van der Waals surface area contributed by atoms with E-state index >= 15 is 0 Å². The van der Waals surface area contributed by atoms with Crippen LogP contribution in [0.15, 0.2) is 36.4 Å². The maximum atomic E-state index is 12.5. The van der Waals surface area contributed by atoms with E-state index in [4.69, 9.17) is 33.2 Å². The fraction of sp³-hybridized carbons (Fsp3) is 0.642. The molecule has 3 aliphatic heterocycles. The Morgan fingerprint density at radius 2 is 0.894 bits per heavy atom. The molecule has 3 aromatic carbocycles. The SMILES string of the molecule is COc1cc(C2CCCN(C(=O)OC(C)(C)C)C2)c(OC2CC2)cc1C.COc1cc([C@@H]2CCCNC2)c(OC2CC2)cc1C.COc1cc([C@H]2CCCNC2)c(OC2CC2)cc1C.Cl.Cl.